The van der Waals surface area contributed by atoms with E-state index >= 15 is 0 Å². The summed E-state index contributed by atoms with van der Waals surface area (Å²) in [5, 5.41) is 3.04. The Morgan fingerprint density at radius 3 is 2.81 bits per heavy atom. The number of hydrogen-bond acceptors (Lipinski definition) is 4. The van der Waals surface area contributed by atoms with Gasteiger partial charge in [0.05, 0.1) is 13.2 Å². The van der Waals surface area contributed by atoms with Gasteiger partial charge in [-0.25, -0.2) is 0 Å². The van der Waals surface area contributed by atoms with Crippen LogP contribution in [0.2, 0.25) is 0 Å². The molecule has 1 amide bonds. The molecule has 0 bridgehead atoms. The van der Waals surface area contributed by atoms with Crippen molar-refractivity contribution in [2.45, 2.75) is 64.1 Å². The fourth-order valence-corrected chi connectivity index (χ4v) is 3.70. The molecule has 3 unspecified atom stereocenters. The highest BCUT2D eigenvalue weighted by atomic mass is 16.5. The predicted octanol–water partition coefficient (Wildman–Crippen LogP) is 1.12. The number of nitrogens with two attached hydrogens (primary N) is 1. The summed E-state index contributed by atoms with van der Waals surface area (Å²) in [5.41, 5.74) is 6.01. The molecule has 2 fully saturated rings. The minimum absolute atomic E-state index is 0.102. The lowest BCUT2D eigenvalue weighted by molar-refractivity contribution is -0.136. The number of morpholine rings is 1. The lowest BCUT2D eigenvalue weighted by Crippen LogP contribution is -2.59. The van der Waals surface area contributed by atoms with Crippen molar-refractivity contribution in [3.63, 3.8) is 0 Å². The fourth-order valence-electron chi connectivity index (χ4n) is 3.70. The number of ether oxygens (including phenoxy) is 1. The second kappa shape index (κ2) is 8.11. The van der Waals surface area contributed by atoms with E-state index in [1.54, 1.807) is 0 Å². The van der Waals surface area contributed by atoms with Crippen molar-refractivity contribution in [2.24, 2.45) is 11.7 Å². The van der Waals surface area contributed by atoms with E-state index in [1.165, 1.54) is 25.7 Å². The van der Waals surface area contributed by atoms with Gasteiger partial charge >= 0.3 is 0 Å². The van der Waals surface area contributed by atoms with Crippen LogP contribution in [-0.4, -0.2) is 55.2 Å². The van der Waals surface area contributed by atoms with Crippen LogP contribution < -0.4 is 11.1 Å². The van der Waals surface area contributed by atoms with Crippen molar-refractivity contribution >= 4 is 5.91 Å². The standard InChI is InChI=1S/C16H31N3O2/c1-12(2)18-16(20)15-11-21-9-8-19(15)14-7-5-3-4-6-13(14)10-17/h12-15H,3-11,17H2,1-2H3,(H,18,20). The highest BCUT2D eigenvalue weighted by Gasteiger charge is 2.37. The maximum Gasteiger partial charge on any atom is 0.239 e. The molecule has 1 aliphatic heterocycles. The third-order valence-corrected chi connectivity index (χ3v) is 4.75. The van der Waals surface area contributed by atoms with Crippen LogP contribution in [0.1, 0.15) is 46.0 Å². The van der Waals surface area contributed by atoms with Crippen molar-refractivity contribution in [3.05, 3.63) is 0 Å². The maximum absolute atomic E-state index is 12.5. The predicted molar refractivity (Wildman–Crippen MR) is 84.0 cm³/mol. The Hall–Kier alpha value is -0.650. The molecule has 0 spiro atoms. The molecule has 3 atom stereocenters. The zero-order valence-electron chi connectivity index (χ0n) is 13.5. The minimum atomic E-state index is -0.154. The zero-order chi connectivity index (χ0) is 15.2. The molecule has 1 heterocycles. The molecule has 1 saturated carbocycles. The van der Waals surface area contributed by atoms with Crippen LogP contribution in [0.4, 0.5) is 0 Å². The molecule has 5 nitrogen and oxygen atoms in total. The van der Waals surface area contributed by atoms with E-state index < -0.39 is 0 Å². The summed E-state index contributed by atoms with van der Waals surface area (Å²) < 4.78 is 5.57. The van der Waals surface area contributed by atoms with Gasteiger partial charge in [-0.1, -0.05) is 19.3 Å². The highest BCUT2D eigenvalue weighted by Crippen LogP contribution is 2.29. The minimum Gasteiger partial charge on any atom is -0.378 e. The summed E-state index contributed by atoms with van der Waals surface area (Å²) in [5.74, 6) is 0.615. The molecule has 1 saturated heterocycles. The Balaban J connectivity index is 2.10. The molecule has 0 aromatic heterocycles. The van der Waals surface area contributed by atoms with Gasteiger partial charge in [-0.2, -0.15) is 0 Å². The first-order chi connectivity index (χ1) is 10.1. The molecule has 5 heteroatoms. The largest absolute Gasteiger partial charge is 0.378 e. The van der Waals surface area contributed by atoms with Crippen LogP contribution in [0.15, 0.2) is 0 Å². The van der Waals surface area contributed by atoms with E-state index in [-0.39, 0.29) is 18.0 Å². The van der Waals surface area contributed by atoms with Crippen molar-refractivity contribution in [1.82, 2.24) is 10.2 Å². The molecular formula is C16H31N3O2. The Kier molecular flexibility index (Phi) is 6.45. The molecule has 0 radical (unpaired) electrons. The summed E-state index contributed by atoms with van der Waals surface area (Å²) in [6.07, 6.45) is 6.16. The van der Waals surface area contributed by atoms with E-state index in [4.69, 9.17) is 10.5 Å². The second-order valence-corrected chi connectivity index (χ2v) is 6.69. The number of carbonyl (C=O) groups excluding carboxylic acids is 1. The molecule has 0 aromatic rings. The summed E-state index contributed by atoms with van der Waals surface area (Å²) in [4.78, 5) is 14.9. The average Bonchev–Trinajstić information content (AvgIpc) is 2.71. The molecule has 122 valence electrons. The number of amides is 1. The van der Waals surface area contributed by atoms with Gasteiger partial charge in [-0.05, 0) is 39.2 Å². The third kappa shape index (κ3) is 4.41. The maximum atomic E-state index is 12.5. The topological polar surface area (TPSA) is 67.6 Å². The number of carbonyl (C=O) groups is 1. The summed E-state index contributed by atoms with van der Waals surface area (Å²) in [6.45, 7) is 6.80. The molecule has 3 N–H and O–H groups in total. The second-order valence-electron chi connectivity index (χ2n) is 6.69. The van der Waals surface area contributed by atoms with Crippen molar-refractivity contribution in [2.75, 3.05) is 26.3 Å². The van der Waals surface area contributed by atoms with Gasteiger partial charge in [0.25, 0.3) is 0 Å². The van der Waals surface area contributed by atoms with Crippen LogP contribution in [0.25, 0.3) is 0 Å². The molecule has 1 aliphatic carbocycles. The quantitative estimate of drug-likeness (QED) is 0.763. The Morgan fingerprint density at radius 1 is 1.33 bits per heavy atom. The van der Waals surface area contributed by atoms with Crippen LogP contribution >= 0.6 is 0 Å². The Bertz CT molecular complexity index is 335. The van der Waals surface area contributed by atoms with Crippen LogP contribution in [0, 0.1) is 5.92 Å². The van der Waals surface area contributed by atoms with Gasteiger partial charge in [0.15, 0.2) is 0 Å². The van der Waals surface area contributed by atoms with E-state index in [9.17, 15) is 4.79 Å². The number of rotatable bonds is 4. The lowest BCUT2D eigenvalue weighted by atomic mass is 9.91. The molecular weight excluding hydrogens is 266 g/mol. The summed E-state index contributed by atoms with van der Waals surface area (Å²) >= 11 is 0. The zero-order valence-corrected chi connectivity index (χ0v) is 13.5. The van der Waals surface area contributed by atoms with Crippen molar-refractivity contribution < 1.29 is 9.53 Å². The van der Waals surface area contributed by atoms with E-state index in [2.05, 4.69) is 10.2 Å². The van der Waals surface area contributed by atoms with Gasteiger partial charge in [0.1, 0.15) is 6.04 Å². The van der Waals surface area contributed by atoms with Gasteiger partial charge in [-0.15, -0.1) is 0 Å². The van der Waals surface area contributed by atoms with Gasteiger partial charge in [-0.3, -0.25) is 9.69 Å². The fraction of sp³-hybridized carbons (Fsp3) is 0.938. The first kappa shape index (κ1) is 16.7. The number of nitrogens with zero attached hydrogens (tertiary/aromatic N) is 1. The first-order valence-corrected chi connectivity index (χ1v) is 8.47. The van der Waals surface area contributed by atoms with Gasteiger partial charge in [0.2, 0.25) is 5.91 Å². The number of nitrogens with one attached hydrogen (secondary N) is 1. The van der Waals surface area contributed by atoms with Crippen molar-refractivity contribution in [1.29, 1.82) is 0 Å². The van der Waals surface area contributed by atoms with Crippen LogP contribution in [0.5, 0.6) is 0 Å². The van der Waals surface area contributed by atoms with E-state index in [0.717, 1.165) is 26.1 Å². The van der Waals surface area contributed by atoms with Crippen LogP contribution in [0.3, 0.4) is 0 Å². The molecule has 0 aromatic carbocycles. The third-order valence-electron chi connectivity index (χ3n) is 4.75. The van der Waals surface area contributed by atoms with Crippen LogP contribution in [-0.2, 0) is 9.53 Å². The number of hydrogen-bond donors (Lipinski definition) is 2. The smallest absolute Gasteiger partial charge is 0.239 e. The van der Waals surface area contributed by atoms with E-state index in [1.807, 2.05) is 13.8 Å². The first-order valence-electron chi connectivity index (χ1n) is 8.47. The lowest BCUT2D eigenvalue weighted by Gasteiger charge is -2.43. The van der Waals surface area contributed by atoms with E-state index in [0.29, 0.717) is 18.6 Å². The monoisotopic (exact) mass is 297 g/mol. The van der Waals surface area contributed by atoms with Crippen molar-refractivity contribution in [3.8, 4) is 0 Å². The molecule has 2 aliphatic rings. The van der Waals surface area contributed by atoms with Gasteiger partial charge < -0.3 is 15.8 Å². The average molecular weight is 297 g/mol. The Labute approximate surface area is 128 Å². The SMILES string of the molecule is CC(C)NC(=O)C1COCCN1C1CCCCCC1CN. The Morgan fingerprint density at radius 2 is 2.10 bits per heavy atom. The molecule has 2 rings (SSSR count). The molecule has 21 heavy (non-hydrogen) atoms. The summed E-state index contributed by atoms with van der Waals surface area (Å²) in [7, 11) is 0. The van der Waals surface area contributed by atoms with Gasteiger partial charge in [0, 0.05) is 18.6 Å². The normalized spacial score (nSPS) is 31.9. The summed E-state index contributed by atoms with van der Waals surface area (Å²) in [6, 6.07) is 0.448. The highest BCUT2D eigenvalue weighted by molar-refractivity contribution is 5.82.